The van der Waals surface area contributed by atoms with Gasteiger partial charge in [-0.3, -0.25) is 4.79 Å². The molecule has 2 aromatic carbocycles. The normalized spacial score (nSPS) is 26.1. The zero-order valence-corrected chi connectivity index (χ0v) is 14.3. The molecule has 0 amide bonds. The molecule has 2 heteroatoms. The molecule has 0 saturated carbocycles. The number of carbonyl (C=O) groups excluding carboxylic acids is 1. The molecule has 0 aromatic heterocycles. The highest BCUT2D eigenvalue weighted by Gasteiger charge is 2.51. The van der Waals surface area contributed by atoms with Gasteiger partial charge >= 0.3 is 0 Å². The lowest BCUT2D eigenvalue weighted by atomic mass is 9.74. The van der Waals surface area contributed by atoms with E-state index in [2.05, 4.69) is 62.4 Å². The Kier molecular flexibility index (Phi) is 3.36. The van der Waals surface area contributed by atoms with E-state index in [1.165, 1.54) is 27.6 Å². The molecule has 114 valence electrons. The number of carbonyl (C=O) groups is 1. The summed E-state index contributed by atoms with van der Waals surface area (Å²) in [6.07, 6.45) is 2.20. The van der Waals surface area contributed by atoms with E-state index in [1.807, 2.05) is 12.1 Å². The summed E-state index contributed by atoms with van der Waals surface area (Å²) in [6.45, 7) is 4.57. The van der Waals surface area contributed by atoms with E-state index in [-0.39, 0.29) is 5.41 Å². The molecular weight excluding hydrogens is 299 g/mol. The summed E-state index contributed by atoms with van der Waals surface area (Å²) in [6, 6.07) is 21.0. The van der Waals surface area contributed by atoms with E-state index in [9.17, 15) is 4.79 Å². The van der Waals surface area contributed by atoms with Crippen LogP contribution in [0, 0.1) is 5.41 Å². The first-order valence-electron chi connectivity index (χ1n) is 7.96. The van der Waals surface area contributed by atoms with Crippen molar-refractivity contribution in [2.24, 2.45) is 5.41 Å². The van der Waals surface area contributed by atoms with Gasteiger partial charge in [0.25, 0.3) is 0 Å². The third-order valence-electron chi connectivity index (χ3n) is 5.25. The lowest BCUT2D eigenvalue weighted by molar-refractivity contribution is -0.104. The SMILES string of the molecule is CC1=C(c2ccccc2)P2C[C@]1(C)C(c1ccccc1)=C2C=O. The van der Waals surface area contributed by atoms with Crippen molar-refractivity contribution in [3.63, 3.8) is 0 Å². The van der Waals surface area contributed by atoms with Crippen molar-refractivity contribution in [2.45, 2.75) is 13.8 Å². The molecule has 0 N–H and O–H groups in total. The Morgan fingerprint density at radius 2 is 1.52 bits per heavy atom. The number of aldehydes is 1. The minimum absolute atomic E-state index is 0.00548. The molecule has 1 unspecified atom stereocenters. The number of benzene rings is 2. The highest BCUT2D eigenvalue weighted by molar-refractivity contribution is 7.74. The van der Waals surface area contributed by atoms with Gasteiger partial charge in [0, 0.05) is 10.7 Å². The van der Waals surface area contributed by atoms with Crippen LogP contribution in [0.2, 0.25) is 0 Å². The van der Waals surface area contributed by atoms with Crippen molar-refractivity contribution in [1.82, 2.24) is 0 Å². The van der Waals surface area contributed by atoms with Gasteiger partial charge in [-0.05, 0) is 43.0 Å². The molecule has 2 aliphatic rings. The lowest BCUT2D eigenvalue weighted by Crippen LogP contribution is -2.18. The van der Waals surface area contributed by atoms with Crippen LogP contribution in [-0.4, -0.2) is 12.4 Å². The van der Waals surface area contributed by atoms with Crippen LogP contribution < -0.4 is 0 Å². The van der Waals surface area contributed by atoms with Crippen molar-refractivity contribution in [2.75, 3.05) is 6.16 Å². The Morgan fingerprint density at radius 3 is 2.09 bits per heavy atom. The molecule has 0 fully saturated rings. The third-order valence-corrected chi connectivity index (χ3v) is 8.24. The number of rotatable bonds is 3. The van der Waals surface area contributed by atoms with Crippen molar-refractivity contribution < 1.29 is 4.79 Å². The minimum Gasteiger partial charge on any atom is -0.298 e. The lowest BCUT2D eigenvalue weighted by Gasteiger charge is -2.30. The average Bonchev–Trinajstić information content (AvgIpc) is 3.03. The zero-order valence-electron chi connectivity index (χ0n) is 13.4. The van der Waals surface area contributed by atoms with Gasteiger partial charge in [0.15, 0.2) is 6.29 Å². The standard InChI is InChI=1S/C21H19OP/c1-15-20(17-11-7-4-8-12-17)23-14-21(15,2)19(18(23)13-22)16-9-5-3-6-10-16/h3-13H,14H2,1-2H3/t21-,23?/m0/s1. The molecule has 1 nitrogen and oxygen atoms in total. The first-order valence-corrected chi connectivity index (χ1v) is 9.49. The zero-order chi connectivity index (χ0) is 16.0. The summed E-state index contributed by atoms with van der Waals surface area (Å²) < 4.78 is 0. The van der Waals surface area contributed by atoms with Gasteiger partial charge in [0.1, 0.15) is 0 Å². The van der Waals surface area contributed by atoms with Crippen LogP contribution in [0.1, 0.15) is 25.0 Å². The smallest absolute Gasteiger partial charge is 0.151 e. The summed E-state index contributed by atoms with van der Waals surface area (Å²) >= 11 is 0. The number of hydrogen-bond acceptors (Lipinski definition) is 1. The fraction of sp³-hybridized carbons (Fsp3) is 0.190. The predicted molar refractivity (Wildman–Crippen MR) is 98.4 cm³/mol. The second-order valence-electron chi connectivity index (χ2n) is 6.50. The fourth-order valence-corrected chi connectivity index (χ4v) is 7.51. The van der Waals surface area contributed by atoms with Crippen LogP contribution in [0.5, 0.6) is 0 Å². The van der Waals surface area contributed by atoms with E-state index >= 15 is 0 Å². The van der Waals surface area contributed by atoms with Crippen LogP contribution >= 0.6 is 7.92 Å². The van der Waals surface area contributed by atoms with E-state index in [1.54, 1.807) is 0 Å². The van der Waals surface area contributed by atoms with Crippen LogP contribution in [0.3, 0.4) is 0 Å². The van der Waals surface area contributed by atoms with Gasteiger partial charge < -0.3 is 0 Å². The first-order chi connectivity index (χ1) is 11.2. The molecule has 23 heavy (non-hydrogen) atoms. The summed E-state index contributed by atoms with van der Waals surface area (Å²) in [4.78, 5) is 11.9. The molecule has 0 saturated heterocycles. The number of hydrogen-bond donors (Lipinski definition) is 0. The minimum atomic E-state index is -0.532. The summed E-state index contributed by atoms with van der Waals surface area (Å²) in [5.41, 5.74) is 5.18. The monoisotopic (exact) mass is 318 g/mol. The second kappa shape index (κ2) is 5.28. The van der Waals surface area contributed by atoms with Crippen molar-refractivity contribution in [3.05, 3.63) is 82.7 Å². The van der Waals surface area contributed by atoms with Crippen LogP contribution in [-0.2, 0) is 4.79 Å². The molecule has 0 radical (unpaired) electrons. The van der Waals surface area contributed by atoms with Crippen LogP contribution in [0.25, 0.3) is 10.9 Å². The highest BCUT2D eigenvalue weighted by Crippen LogP contribution is 2.77. The Bertz CT molecular complexity index is 833. The topological polar surface area (TPSA) is 17.1 Å². The van der Waals surface area contributed by atoms with Gasteiger partial charge in [0.05, 0.1) is 0 Å². The molecule has 2 heterocycles. The van der Waals surface area contributed by atoms with Crippen molar-refractivity contribution in [3.8, 4) is 0 Å². The summed E-state index contributed by atoms with van der Waals surface area (Å²) in [5, 5.41) is 2.46. The highest BCUT2D eigenvalue weighted by atomic mass is 31.1. The molecule has 2 atom stereocenters. The predicted octanol–water partition coefficient (Wildman–Crippen LogP) is 5.54. The largest absolute Gasteiger partial charge is 0.298 e. The molecule has 2 bridgehead atoms. The Hall–Kier alpha value is -1.98. The van der Waals surface area contributed by atoms with Gasteiger partial charge in [-0.25, -0.2) is 0 Å². The Labute approximate surface area is 138 Å². The van der Waals surface area contributed by atoms with E-state index in [0.29, 0.717) is 0 Å². The molecule has 0 aliphatic carbocycles. The summed E-state index contributed by atoms with van der Waals surface area (Å²) in [5.74, 6) is 0. The number of allylic oxidation sites excluding steroid dienone is 3. The quantitative estimate of drug-likeness (QED) is 0.536. The van der Waals surface area contributed by atoms with E-state index in [0.717, 1.165) is 17.8 Å². The molecule has 2 aliphatic heterocycles. The van der Waals surface area contributed by atoms with E-state index in [4.69, 9.17) is 0 Å². The molecular formula is C21H19OP. The van der Waals surface area contributed by atoms with Gasteiger partial charge in [-0.2, -0.15) is 0 Å². The van der Waals surface area contributed by atoms with Gasteiger partial charge in [0.2, 0.25) is 0 Å². The second-order valence-corrected chi connectivity index (χ2v) is 8.60. The van der Waals surface area contributed by atoms with E-state index < -0.39 is 7.92 Å². The summed E-state index contributed by atoms with van der Waals surface area (Å²) in [7, 11) is -0.532. The fourth-order valence-electron chi connectivity index (χ4n) is 4.03. The molecule has 4 rings (SSSR count). The molecule has 2 aromatic rings. The Morgan fingerprint density at radius 1 is 0.957 bits per heavy atom. The first kappa shape index (κ1) is 14.6. The van der Waals surface area contributed by atoms with Gasteiger partial charge in [-0.1, -0.05) is 73.2 Å². The average molecular weight is 318 g/mol. The van der Waals surface area contributed by atoms with Crippen LogP contribution in [0.4, 0.5) is 0 Å². The van der Waals surface area contributed by atoms with Crippen molar-refractivity contribution >= 4 is 25.1 Å². The number of fused-ring (bicyclic) bond motifs is 2. The van der Waals surface area contributed by atoms with Crippen molar-refractivity contribution in [1.29, 1.82) is 0 Å². The third kappa shape index (κ3) is 2.00. The maximum absolute atomic E-state index is 11.9. The molecule has 0 spiro atoms. The van der Waals surface area contributed by atoms with Gasteiger partial charge in [-0.15, -0.1) is 0 Å². The van der Waals surface area contributed by atoms with Crippen LogP contribution in [0.15, 0.2) is 71.6 Å². The maximum Gasteiger partial charge on any atom is 0.151 e. The Balaban J connectivity index is 1.91. The maximum atomic E-state index is 11.9.